The van der Waals surface area contributed by atoms with Gasteiger partial charge in [0.15, 0.2) is 5.82 Å². The summed E-state index contributed by atoms with van der Waals surface area (Å²) in [5.74, 6) is 0.662. The van der Waals surface area contributed by atoms with Crippen molar-refractivity contribution in [1.82, 2.24) is 25.9 Å². The van der Waals surface area contributed by atoms with E-state index < -0.39 is 6.61 Å². The Hall–Kier alpha value is -2.09. The Morgan fingerprint density at radius 1 is 1.28 bits per heavy atom. The first-order valence-electron chi connectivity index (χ1n) is 5.21. The molecule has 0 spiro atoms. The van der Waals surface area contributed by atoms with Crippen LogP contribution in [0.4, 0.5) is 8.78 Å². The van der Waals surface area contributed by atoms with Crippen LogP contribution in [-0.4, -0.2) is 27.2 Å². The van der Waals surface area contributed by atoms with Crippen LogP contribution >= 0.6 is 0 Å². The summed E-state index contributed by atoms with van der Waals surface area (Å²) >= 11 is 0. The SMILES string of the molecule is FC(F)Oc1ccccc1CNCc1nn[nH]n1. The van der Waals surface area contributed by atoms with Gasteiger partial charge in [-0.1, -0.05) is 23.4 Å². The molecule has 6 nitrogen and oxygen atoms in total. The number of nitrogens with one attached hydrogen (secondary N) is 2. The second-order valence-electron chi connectivity index (χ2n) is 3.42. The molecule has 0 saturated carbocycles. The number of benzene rings is 1. The molecule has 0 saturated heterocycles. The molecule has 18 heavy (non-hydrogen) atoms. The summed E-state index contributed by atoms with van der Waals surface area (Å²) in [5, 5.41) is 16.2. The number of alkyl halides is 2. The Morgan fingerprint density at radius 2 is 2.11 bits per heavy atom. The van der Waals surface area contributed by atoms with Gasteiger partial charge in [-0.2, -0.15) is 14.0 Å². The van der Waals surface area contributed by atoms with Crippen LogP contribution < -0.4 is 10.1 Å². The van der Waals surface area contributed by atoms with Crippen molar-refractivity contribution in [1.29, 1.82) is 0 Å². The topological polar surface area (TPSA) is 75.7 Å². The van der Waals surface area contributed by atoms with E-state index in [9.17, 15) is 8.78 Å². The maximum atomic E-state index is 12.2. The maximum absolute atomic E-state index is 12.2. The monoisotopic (exact) mass is 255 g/mol. The number of H-pyrrole nitrogens is 1. The van der Waals surface area contributed by atoms with E-state index in [1.165, 1.54) is 6.07 Å². The molecule has 96 valence electrons. The van der Waals surface area contributed by atoms with Gasteiger partial charge in [0, 0.05) is 12.1 Å². The molecular formula is C10H11F2N5O. The summed E-state index contributed by atoms with van der Waals surface area (Å²) in [5.41, 5.74) is 0.640. The van der Waals surface area contributed by atoms with E-state index in [4.69, 9.17) is 0 Å². The number of hydrogen-bond donors (Lipinski definition) is 2. The highest BCUT2D eigenvalue weighted by atomic mass is 19.3. The number of nitrogens with zero attached hydrogens (tertiary/aromatic N) is 3. The standard InChI is InChI=1S/C10H11F2N5O/c11-10(12)18-8-4-2-1-3-7(8)5-13-6-9-14-16-17-15-9/h1-4,10,13H,5-6H2,(H,14,15,16,17). The molecule has 2 aromatic rings. The van der Waals surface area contributed by atoms with E-state index in [2.05, 4.69) is 30.7 Å². The molecule has 0 fully saturated rings. The number of rotatable bonds is 6. The van der Waals surface area contributed by atoms with E-state index in [1.54, 1.807) is 18.2 Å². The van der Waals surface area contributed by atoms with Crippen LogP contribution in [0.3, 0.4) is 0 Å². The number of tetrazole rings is 1. The quantitative estimate of drug-likeness (QED) is 0.808. The first-order chi connectivity index (χ1) is 8.75. The lowest BCUT2D eigenvalue weighted by molar-refractivity contribution is -0.0505. The van der Waals surface area contributed by atoms with Crippen LogP contribution in [-0.2, 0) is 13.1 Å². The third-order valence-electron chi connectivity index (χ3n) is 2.18. The first-order valence-corrected chi connectivity index (χ1v) is 5.21. The van der Waals surface area contributed by atoms with Gasteiger partial charge in [-0.25, -0.2) is 0 Å². The Morgan fingerprint density at radius 3 is 2.83 bits per heavy atom. The minimum Gasteiger partial charge on any atom is -0.434 e. The van der Waals surface area contributed by atoms with Gasteiger partial charge >= 0.3 is 6.61 Å². The second-order valence-corrected chi connectivity index (χ2v) is 3.42. The van der Waals surface area contributed by atoms with E-state index in [0.717, 1.165) is 0 Å². The molecule has 0 atom stereocenters. The van der Waals surface area contributed by atoms with Crippen molar-refractivity contribution in [3.05, 3.63) is 35.7 Å². The molecule has 1 aromatic carbocycles. The highest BCUT2D eigenvalue weighted by Crippen LogP contribution is 2.19. The predicted molar refractivity (Wildman–Crippen MR) is 57.8 cm³/mol. The lowest BCUT2D eigenvalue weighted by atomic mass is 10.2. The Balaban J connectivity index is 1.92. The van der Waals surface area contributed by atoms with Crippen LogP contribution in [0.15, 0.2) is 24.3 Å². The van der Waals surface area contributed by atoms with Gasteiger partial charge in [0.2, 0.25) is 0 Å². The van der Waals surface area contributed by atoms with E-state index in [0.29, 0.717) is 24.5 Å². The normalized spacial score (nSPS) is 10.8. The smallest absolute Gasteiger partial charge is 0.387 e. The van der Waals surface area contributed by atoms with E-state index >= 15 is 0 Å². The van der Waals surface area contributed by atoms with Crippen LogP contribution in [0, 0.1) is 0 Å². The fraction of sp³-hybridized carbons (Fsp3) is 0.300. The van der Waals surface area contributed by atoms with E-state index in [1.807, 2.05) is 0 Å². The lowest BCUT2D eigenvalue weighted by Crippen LogP contribution is -2.15. The summed E-state index contributed by atoms with van der Waals surface area (Å²) in [6.07, 6.45) is 0. The summed E-state index contributed by atoms with van der Waals surface area (Å²) in [6.45, 7) is -2.07. The van der Waals surface area contributed by atoms with Crippen LogP contribution in [0.25, 0.3) is 0 Å². The minimum absolute atomic E-state index is 0.160. The molecule has 0 amide bonds. The van der Waals surface area contributed by atoms with Crippen molar-refractivity contribution in [3.63, 3.8) is 0 Å². The molecule has 1 aromatic heterocycles. The third-order valence-corrected chi connectivity index (χ3v) is 2.18. The van der Waals surface area contributed by atoms with Gasteiger partial charge in [0.1, 0.15) is 5.75 Å². The van der Waals surface area contributed by atoms with Crippen LogP contribution in [0.1, 0.15) is 11.4 Å². The molecule has 8 heteroatoms. The van der Waals surface area contributed by atoms with Gasteiger partial charge < -0.3 is 10.1 Å². The molecular weight excluding hydrogens is 244 g/mol. The number of hydrogen-bond acceptors (Lipinski definition) is 5. The molecule has 0 aliphatic heterocycles. The Bertz CT molecular complexity index is 477. The fourth-order valence-corrected chi connectivity index (χ4v) is 1.43. The van der Waals surface area contributed by atoms with Gasteiger partial charge in [-0.05, 0) is 6.07 Å². The van der Waals surface area contributed by atoms with E-state index in [-0.39, 0.29) is 5.75 Å². The maximum Gasteiger partial charge on any atom is 0.387 e. The van der Waals surface area contributed by atoms with Gasteiger partial charge in [0.05, 0.1) is 6.54 Å². The number of aromatic nitrogens is 4. The zero-order chi connectivity index (χ0) is 12.8. The highest BCUT2D eigenvalue weighted by molar-refractivity contribution is 5.33. The molecule has 2 N–H and O–H groups in total. The molecule has 0 aliphatic rings. The average molecular weight is 255 g/mol. The third kappa shape index (κ3) is 3.45. The highest BCUT2D eigenvalue weighted by Gasteiger charge is 2.08. The first kappa shape index (κ1) is 12.4. The summed E-state index contributed by atoms with van der Waals surface area (Å²) in [7, 11) is 0. The molecule has 2 rings (SSSR count). The van der Waals surface area contributed by atoms with Crippen LogP contribution in [0.5, 0.6) is 5.75 Å². The molecule has 0 bridgehead atoms. The zero-order valence-corrected chi connectivity index (χ0v) is 9.31. The molecule has 0 aliphatic carbocycles. The largest absolute Gasteiger partial charge is 0.434 e. The van der Waals surface area contributed by atoms with Crippen molar-refractivity contribution in [2.24, 2.45) is 0 Å². The van der Waals surface area contributed by atoms with Crippen LogP contribution in [0.2, 0.25) is 0 Å². The second kappa shape index (κ2) is 6.01. The average Bonchev–Trinajstić information content (AvgIpc) is 2.84. The number of ether oxygens (including phenoxy) is 1. The molecule has 0 unspecified atom stereocenters. The fourth-order valence-electron chi connectivity index (χ4n) is 1.43. The Labute approximate surface area is 101 Å². The van der Waals surface area contributed by atoms with Crippen molar-refractivity contribution in [2.75, 3.05) is 0 Å². The van der Waals surface area contributed by atoms with Gasteiger partial charge in [-0.15, -0.1) is 10.2 Å². The van der Waals surface area contributed by atoms with Crippen molar-refractivity contribution in [2.45, 2.75) is 19.7 Å². The van der Waals surface area contributed by atoms with Crippen molar-refractivity contribution < 1.29 is 13.5 Å². The zero-order valence-electron chi connectivity index (χ0n) is 9.31. The lowest BCUT2D eigenvalue weighted by Gasteiger charge is -2.10. The predicted octanol–water partition coefficient (Wildman–Crippen LogP) is 1.09. The number of para-hydroxylation sites is 1. The summed E-state index contributed by atoms with van der Waals surface area (Å²) < 4.78 is 28.8. The summed E-state index contributed by atoms with van der Waals surface area (Å²) in [6, 6.07) is 6.60. The Kier molecular flexibility index (Phi) is 4.13. The van der Waals surface area contributed by atoms with Gasteiger partial charge in [0.25, 0.3) is 0 Å². The number of aromatic amines is 1. The van der Waals surface area contributed by atoms with Crippen molar-refractivity contribution >= 4 is 0 Å². The van der Waals surface area contributed by atoms with Gasteiger partial charge in [-0.3, -0.25) is 0 Å². The minimum atomic E-state index is -2.83. The number of halogens is 2. The van der Waals surface area contributed by atoms with Crippen molar-refractivity contribution in [3.8, 4) is 5.75 Å². The summed E-state index contributed by atoms with van der Waals surface area (Å²) in [4.78, 5) is 0. The molecule has 1 heterocycles. The molecule has 0 radical (unpaired) electrons.